The topological polar surface area (TPSA) is 48.0 Å². The second-order valence-electron chi connectivity index (χ2n) is 3.94. The van der Waals surface area contributed by atoms with Gasteiger partial charge in [0.15, 0.2) is 0 Å². The van der Waals surface area contributed by atoms with Crippen molar-refractivity contribution in [3.8, 4) is 0 Å². The van der Waals surface area contributed by atoms with Crippen LogP contribution in [0.2, 0.25) is 0 Å². The summed E-state index contributed by atoms with van der Waals surface area (Å²) in [5, 5.41) is 0. The highest BCUT2D eigenvalue weighted by molar-refractivity contribution is 5.88. The van der Waals surface area contributed by atoms with E-state index in [9.17, 15) is 4.79 Å². The van der Waals surface area contributed by atoms with E-state index in [1.165, 1.54) is 0 Å². The summed E-state index contributed by atoms with van der Waals surface area (Å²) >= 11 is 0. The van der Waals surface area contributed by atoms with Gasteiger partial charge in [0, 0.05) is 46.0 Å². The summed E-state index contributed by atoms with van der Waals surface area (Å²) in [5.41, 5.74) is 0.477. The smallest absolute Gasteiger partial charge is 0.334 e. The summed E-state index contributed by atoms with van der Waals surface area (Å²) in [6.07, 6.45) is 0.913. The van der Waals surface area contributed by atoms with Crippen molar-refractivity contribution in [3.63, 3.8) is 0 Å². The molecular weight excluding hydrogens is 234 g/mol. The van der Waals surface area contributed by atoms with E-state index in [-0.39, 0.29) is 5.97 Å². The molecule has 0 saturated carbocycles. The predicted molar refractivity (Wildman–Crippen MR) is 70.6 cm³/mol. The van der Waals surface area contributed by atoms with Crippen LogP contribution in [0, 0.1) is 0 Å². The van der Waals surface area contributed by atoms with Gasteiger partial charge in [-0.15, -0.1) is 0 Å². The van der Waals surface area contributed by atoms with E-state index in [4.69, 9.17) is 14.2 Å². The van der Waals surface area contributed by atoms with Crippen LogP contribution in [-0.4, -0.2) is 64.5 Å². The molecule has 0 aliphatic rings. The molecule has 0 saturated heterocycles. The van der Waals surface area contributed by atoms with Gasteiger partial charge >= 0.3 is 5.97 Å². The molecule has 0 aromatic heterocycles. The number of carbonyl (C=O) groups is 1. The Morgan fingerprint density at radius 1 is 1.17 bits per heavy atom. The van der Waals surface area contributed by atoms with Crippen LogP contribution >= 0.6 is 0 Å². The Morgan fingerprint density at radius 3 is 2.39 bits per heavy atom. The first-order valence-electron chi connectivity index (χ1n) is 6.20. The van der Waals surface area contributed by atoms with Crippen molar-refractivity contribution >= 4 is 5.97 Å². The normalized spacial score (nSPS) is 10.7. The number of methoxy groups -OCH3 is 2. The molecule has 18 heavy (non-hydrogen) atoms. The minimum atomic E-state index is -0.327. The highest BCUT2D eigenvalue weighted by Gasteiger charge is 2.12. The van der Waals surface area contributed by atoms with Crippen molar-refractivity contribution in [2.75, 3.05) is 53.7 Å². The fourth-order valence-corrected chi connectivity index (χ4v) is 1.49. The summed E-state index contributed by atoms with van der Waals surface area (Å²) in [6.45, 7) is 9.36. The van der Waals surface area contributed by atoms with Crippen molar-refractivity contribution in [2.24, 2.45) is 0 Å². The van der Waals surface area contributed by atoms with Crippen LogP contribution in [0.15, 0.2) is 12.2 Å². The molecule has 0 spiro atoms. The number of nitrogens with zero attached hydrogens (tertiary/aromatic N) is 1. The van der Waals surface area contributed by atoms with Crippen LogP contribution < -0.4 is 0 Å². The van der Waals surface area contributed by atoms with Gasteiger partial charge in [0.05, 0.1) is 13.2 Å². The average molecular weight is 259 g/mol. The fraction of sp³-hybridized carbons (Fsp3) is 0.769. The van der Waals surface area contributed by atoms with E-state index in [1.807, 2.05) is 0 Å². The number of carbonyl (C=O) groups excluding carboxylic acids is 1. The molecule has 5 nitrogen and oxygen atoms in total. The van der Waals surface area contributed by atoms with Gasteiger partial charge in [0.1, 0.15) is 0 Å². The lowest BCUT2D eigenvalue weighted by atomic mass is 10.2. The zero-order valence-corrected chi connectivity index (χ0v) is 11.7. The standard InChI is InChI=1S/C13H25NO4/c1-5-18-13(15)12(2)11-14(8-10-17-4)7-6-9-16-3/h2,5-11H2,1,3-4H3. The SMILES string of the molecule is C=C(CN(CCCOC)CCOC)C(=O)OCC. The third kappa shape index (κ3) is 8.22. The Hall–Kier alpha value is -0.910. The summed E-state index contributed by atoms with van der Waals surface area (Å²) < 4.78 is 15.0. The maximum Gasteiger partial charge on any atom is 0.334 e. The molecule has 0 aromatic rings. The number of esters is 1. The Bertz CT molecular complexity index is 243. The van der Waals surface area contributed by atoms with Crippen molar-refractivity contribution < 1.29 is 19.0 Å². The summed E-state index contributed by atoms with van der Waals surface area (Å²) in [4.78, 5) is 13.6. The fourth-order valence-electron chi connectivity index (χ4n) is 1.49. The number of hydrogen-bond acceptors (Lipinski definition) is 5. The van der Waals surface area contributed by atoms with Crippen LogP contribution in [-0.2, 0) is 19.0 Å². The number of rotatable bonds is 11. The van der Waals surface area contributed by atoms with Crippen molar-refractivity contribution in [1.82, 2.24) is 4.90 Å². The van der Waals surface area contributed by atoms with Gasteiger partial charge < -0.3 is 14.2 Å². The van der Waals surface area contributed by atoms with Crippen molar-refractivity contribution in [2.45, 2.75) is 13.3 Å². The maximum atomic E-state index is 11.5. The van der Waals surface area contributed by atoms with Crippen molar-refractivity contribution in [1.29, 1.82) is 0 Å². The Morgan fingerprint density at radius 2 is 1.83 bits per heavy atom. The van der Waals surface area contributed by atoms with Gasteiger partial charge in [-0.05, 0) is 13.3 Å². The van der Waals surface area contributed by atoms with Crippen LogP contribution in [0.25, 0.3) is 0 Å². The summed E-state index contributed by atoms with van der Waals surface area (Å²) in [7, 11) is 3.34. The van der Waals surface area contributed by atoms with Crippen LogP contribution in [0.5, 0.6) is 0 Å². The zero-order valence-electron chi connectivity index (χ0n) is 11.7. The van der Waals surface area contributed by atoms with E-state index in [2.05, 4.69) is 11.5 Å². The van der Waals surface area contributed by atoms with E-state index in [1.54, 1.807) is 21.1 Å². The molecule has 5 heteroatoms. The molecule has 0 heterocycles. The molecule has 0 amide bonds. The minimum absolute atomic E-state index is 0.327. The highest BCUT2D eigenvalue weighted by atomic mass is 16.5. The van der Waals surface area contributed by atoms with Gasteiger partial charge in [-0.2, -0.15) is 0 Å². The number of hydrogen-bond donors (Lipinski definition) is 0. The molecule has 0 aromatic carbocycles. The highest BCUT2D eigenvalue weighted by Crippen LogP contribution is 2.01. The summed E-state index contributed by atoms with van der Waals surface area (Å²) in [5.74, 6) is -0.327. The second kappa shape index (κ2) is 11.2. The third-order valence-corrected chi connectivity index (χ3v) is 2.41. The minimum Gasteiger partial charge on any atom is -0.463 e. The first kappa shape index (κ1) is 17.1. The monoisotopic (exact) mass is 259 g/mol. The number of ether oxygens (including phenoxy) is 3. The lowest BCUT2D eigenvalue weighted by molar-refractivity contribution is -0.138. The van der Waals surface area contributed by atoms with E-state index < -0.39 is 0 Å². The Kier molecular flexibility index (Phi) is 10.6. The maximum absolute atomic E-state index is 11.5. The Labute approximate surface area is 110 Å². The molecular formula is C13H25NO4. The quantitative estimate of drug-likeness (QED) is 0.316. The van der Waals surface area contributed by atoms with Gasteiger partial charge in [-0.1, -0.05) is 6.58 Å². The van der Waals surface area contributed by atoms with Crippen LogP contribution in [0.3, 0.4) is 0 Å². The second-order valence-corrected chi connectivity index (χ2v) is 3.94. The van der Waals surface area contributed by atoms with Gasteiger partial charge in [-0.3, -0.25) is 4.90 Å². The van der Waals surface area contributed by atoms with Gasteiger partial charge in [0.2, 0.25) is 0 Å². The summed E-state index contributed by atoms with van der Waals surface area (Å²) in [6, 6.07) is 0. The molecule has 0 rings (SSSR count). The zero-order chi connectivity index (χ0) is 13.8. The first-order chi connectivity index (χ1) is 8.65. The van der Waals surface area contributed by atoms with E-state index in [0.717, 1.165) is 19.5 Å². The van der Waals surface area contributed by atoms with E-state index in [0.29, 0.717) is 31.9 Å². The molecule has 0 unspecified atom stereocenters. The molecule has 0 aliphatic carbocycles. The molecule has 0 N–H and O–H groups in total. The van der Waals surface area contributed by atoms with Crippen LogP contribution in [0.4, 0.5) is 0 Å². The van der Waals surface area contributed by atoms with Gasteiger partial charge in [0.25, 0.3) is 0 Å². The Balaban J connectivity index is 4.11. The average Bonchev–Trinajstić information content (AvgIpc) is 2.36. The molecule has 106 valence electrons. The lowest BCUT2D eigenvalue weighted by Crippen LogP contribution is -2.32. The van der Waals surface area contributed by atoms with Crippen LogP contribution in [0.1, 0.15) is 13.3 Å². The van der Waals surface area contributed by atoms with Crippen molar-refractivity contribution in [3.05, 3.63) is 12.2 Å². The first-order valence-corrected chi connectivity index (χ1v) is 6.20. The molecule has 0 radical (unpaired) electrons. The molecule has 0 aliphatic heterocycles. The largest absolute Gasteiger partial charge is 0.463 e. The van der Waals surface area contributed by atoms with E-state index >= 15 is 0 Å². The molecule has 0 atom stereocenters. The van der Waals surface area contributed by atoms with Gasteiger partial charge in [-0.25, -0.2) is 4.79 Å². The lowest BCUT2D eigenvalue weighted by Gasteiger charge is -2.22. The third-order valence-electron chi connectivity index (χ3n) is 2.41. The molecule has 0 bridgehead atoms. The molecule has 0 fully saturated rings. The predicted octanol–water partition coefficient (Wildman–Crippen LogP) is 1.09.